The Morgan fingerprint density at radius 2 is 1.12 bits per heavy atom. The van der Waals surface area contributed by atoms with Gasteiger partial charge < -0.3 is 19.5 Å². The monoisotopic (exact) mass is 438 g/mol. The van der Waals surface area contributed by atoms with Crippen molar-refractivity contribution in [2.45, 2.75) is 0 Å². The highest BCUT2D eigenvalue weighted by molar-refractivity contribution is 8.11. The van der Waals surface area contributed by atoms with Crippen LogP contribution in [-0.2, 0) is 33.7 Å². The van der Waals surface area contributed by atoms with E-state index in [2.05, 4.69) is 5.32 Å². The van der Waals surface area contributed by atoms with Crippen molar-refractivity contribution in [2.75, 3.05) is 78.9 Å². The zero-order chi connectivity index (χ0) is 19.5. The third kappa shape index (κ3) is 10.9. The third-order valence-electron chi connectivity index (χ3n) is 3.45. The largest absolute Gasteiger partial charge is 0.379 e. The summed E-state index contributed by atoms with van der Waals surface area (Å²) in [6.07, 6.45) is 0. The fourth-order valence-electron chi connectivity index (χ4n) is 2.08. The number of halogens is 1. The summed E-state index contributed by atoms with van der Waals surface area (Å²) in [5.41, 5.74) is 0. The normalized spacial score (nSPS) is 23.2. The van der Waals surface area contributed by atoms with Crippen LogP contribution in [0.15, 0.2) is 0 Å². The summed E-state index contributed by atoms with van der Waals surface area (Å²) in [6.45, 7) is 7.07. The lowest BCUT2D eigenvalue weighted by Gasteiger charge is -2.23. The molecule has 26 heavy (non-hydrogen) atoms. The van der Waals surface area contributed by atoms with Crippen molar-refractivity contribution in [1.29, 1.82) is 0 Å². The highest BCUT2D eigenvalue weighted by atomic mass is 35.7. The van der Waals surface area contributed by atoms with Gasteiger partial charge in [-0.1, -0.05) is 0 Å². The molecule has 3 aliphatic rings. The summed E-state index contributed by atoms with van der Waals surface area (Å²) in [4.78, 5) is 0. The molecule has 0 amide bonds. The van der Waals surface area contributed by atoms with E-state index in [0.717, 1.165) is 26.3 Å². The lowest BCUT2D eigenvalue weighted by Crippen LogP contribution is -2.44. The molecule has 0 aromatic carbocycles. The van der Waals surface area contributed by atoms with Crippen molar-refractivity contribution in [2.24, 2.45) is 5.14 Å². The van der Waals surface area contributed by atoms with Gasteiger partial charge in [-0.3, -0.25) is 0 Å². The van der Waals surface area contributed by atoms with Crippen LogP contribution in [0.2, 0.25) is 0 Å². The van der Waals surface area contributed by atoms with Crippen LogP contribution < -0.4 is 10.5 Å². The van der Waals surface area contributed by atoms with Gasteiger partial charge in [0.1, 0.15) is 0 Å². The van der Waals surface area contributed by atoms with Gasteiger partial charge in [-0.2, -0.15) is 25.4 Å². The van der Waals surface area contributed by atoms with E-state index in [1.165, 1.54) is 8.61 Å². The van der Waals surface area contributed by atoms with E-state index in [4.69, 9.17) is 30.0 Å². The van der Waals surface area contributed by atoms with Crippen molar-refractivity contribution in [1.82, 2.24) is 13.9 Å². The maximum atomic E-state index is 10.6. The van der Waals surface area contributed by atoms with Crippen LogP contribution in [0.5, 0.6) is 0 Å². The summed E-state index contributed by atoms with van der Waals surface area (Å²) >= 11 is 0. The van der Waals surface area contributed by atoms with Crippen LogP contribution in [0.1, 0.15) is 0 Å². The Bertz CT molecular complexity index is 517. The molecule has 0 saturated carbocycles. The van der Waals surface area contributed by atoms with Gasteiger partial charge >= 0.3 is 0 Å². The first-order valence-electron chi connectivity index (χ1n) is 8.13. The van der Waals surface area contributed by atoms with Crippen molar-refractivity contribution < 1.29 is 31.0 Å². The molecule has 3 aliphatic heterocycles. The first kappa shape index (κ1) is 23.9. The van der Waals surface area contributed by atoms with Gasteiger partial charge in [0, 0.05) is 50.0 Å². The Hall–Kier alpha value is -0.0900. The Morgan fingerprint density at radius 1 is 0.731 bits per heavy atom. The lowest BCUT2D eigenvalue weighted by atomic mass is 10.5. The van der Waals surface area contributed by atoms with Crippen molar-refractivity contribution in [3.05, 3.63) is 0 Å². The fourth-order valence-corrected chi connectivity index (χ4v) is 3.74. The van der Waals surface area contributed by atoms with Crippen LogP contribution in [-0.4, -0.2) is 104 Å². The summed E-state index contributed by atoms with van der Waals surface area (Å²) in [5, 5.41) is 8.01. The van der Waals surface area contributed by atoms with Crippen LogP contribution in [0.25, 0.3) is 0 Å². The number of morpholine rings is 3. The molecular weight excluding hydrogens is 412 g/mol. The molecular formula is C12H27ClN4O7S2. The molecule has 3 N–H and O–H groups in total. The maximum absolute atomic E-state index is 10.6. The second-order valence-electron chi connectivity index (χ2n) is 5.37. The van der Waals surface area contributed by atoms with Crippen LogP contribution in [0, 0.1) is 0 Å². The van der Waals surface area contributed by atoms with E-state index >= 15 is 0 Å². The smallest absolute Gasteiger partial charge is 0.299 e. The van der Waals surface area contributed by atoms with Gasteiger partial charge in [-0.25, -0.2) is 5.14 Å². The summed E-state index contributed by atoms with van der Waals surface area (Å²) in [6, 6.07) is 0. The van der Waals surface area contributed by atoms with Gasteiger partial charge in [0.2, 0.25) is 0 Å². The minimum Gasteiger partial charge on any atom is -0.379 e. The van der Waals surface area contributed by atoms with Crippen molar-refractivity contribution >= 4 is 30.1 Å². The molecule has 3 fully saturated rings. The van der Waals surface area contributed by atoms with Crippen LogP contribution in [0.3, 0.4) is 0 Å². The standard InChI is InChI=1S/C4H8ClNO3S.C4H10N2O3S.C4H9NO/c2*5-10(7,8)6-1-3-9-4-2-6;1-3-6-4-2-5-1/h1-4H2;1-4H2,(H2,5,7,8);5H,1-4H2. The number of nitrogens with two attached hydrogens (primary N) is 1. The van der Waals surface area contributed by atoms with Gasteiger partial charge in [0.25, 0.3) is 19.4 Å². The zero-order valence-corrected chi connectivity index (χ0v) is 16.9. The van der Waals surface area contributed by atoms with Crippen molar-refractivity contribution in [3.8, 4) is 0 Å². The molecule has 0 radical (unpaired) electrons. The quantitative estimate of drug-likeness (QED) is 0.468. The van der Waals surface area contributed by atoms with Gasteiger partial charge in [0.05, 0.1) is 39.6 Å². The number of nitrogens with one attached hydrogen (secondary N) is 1. The third-order valence-corrected chi connectivity index (χ3v) is 6.11. The minimum atomic E-state index is -3.50. The number of hydrogen-bond acceptors (Lipinski definition) is 8. The summed E-state index contributed by atoms with van der Waals surface area (Å²) in [7, 11) is -1.92. The lowest BCUT2D eigenvalue weighted by molar-refractivity contribution is 0.0730. The maximum Gasteiger partial charge on any atom is 0.299 e. The SMILES string of the molecule is C1COCCN1.NS(=O)(=O)N1CCOCC1.O=S(=O)(Cl)N1CCOCC1. The first-order valence-corrected chi connectivity index (χ1v) is 11.9. The van der Waals surface area contributed by atoms with E-state index in [1.807, 2.05) is 0 Å². The van der Waals surface area contributed by atoms with E-state index in [0.29, 0.717) is 52.6 Å². The second-order valence-corrected chi connectivity index (χ2v) is 9.43. The zero-order valence-electron chi connectivity index (χ0n) is 14.5. The predicted molar refractivity (Wildman–Crippen MR) is 96.4 cm³/mol. The molecule has 0 aromatic rings. The molecule has 0 aliphatic carbocycles. The topological polar surface area (TPSA) is 140 Å². The van der Waals surface area contributed by atoms with E-state index in [9.17, 15) is 16.8 Å². The molecule has 3 saturated heterocycles. The van der Waals surface area contributed by atoms with Gasteiger partial charge in [0.15, 0.2) is 0 Å². The second kappa shape index (κ2) is 12.4. The number of hydrogen-bond donors (Lipinski definition) is 2. The average molecular weight is 439 g/mol. The van der Waals surface area contributed by atoms with E-state index < -0.39 is 19.4 Å². The molecule has 3 rings (SSSR count). The Balaban J connectivity index is 0.000000201. The molecule has 0 bridgehead atoms. The summed E-state index contributed by atoms with van der Waals surface area (Å²) < 4.78 is 59.8. The van der Waals surface area contributed by atoms with Gasteiger partial charge in [-0.15, -0.1) is 0 Å². The Labute approximate surface area is 159 Å². The fraction of sp³-hybridized carbons (Fsp3) is 1.00. The molecule has 0 atom stereocenters. The molecule has 0 aromatic heterocycles. The van der Waals surface area contributed by atoms with E-state index in [-0.39, 0.29) is 0 Å². The van der Waals surface area contributed by atoms with E-state index in [1.54, 1.807) is 0 Å². The Morgan fingerprint density at radius 3 is 1.31 bits per heavy atom. The molecule has 0 spiro atoms. The molecule has 156 valence electrons. The number of ether oxygens (including phenoxy) is 3. The highest BCUT2D eigenvalue weighted by Crippen LogP contribution is 2.08. The molecule has 0 unspecified atom stereocenters. The van der Waals surface area contributed by atoms with Crippen LogP contribution >= 0.6 is 10.7 Å². The van der Waals surface area contributed by atoms with Crippen LogP contribution in [0.4, 0.5) is 0 Å². The first-order chi connectivity index (χ1) is 12.2. The molecule has 14 heteroatoms. The predicted octanol–water partition coefficient (Wildman–Crippen LogP) is -2.07. The summed E-state index contributed by atoms with van der Waals surface area (Å²) in [5.74, 6) is 0. The molecule has 3 heterocycles. The number of rotatable bonds is 2. The minimum absolute atomic E-state index is 0.367. The number of nitrogens with zero attached hydrogens (tertiary/aromatic N) is 2. The van der Waals surface area contributed by atoms with Gasteiger partial charge in [-0.05, 0) is 0 Å². The Kier molecular flexibility index (Phi) is 11.4. The average Bonchev–Trinajstić information content (AvgIpc) is 2.64. The highest BCUT2D eigenvalue weighted by Gasteiger charge is 2.21. The molecule has 11 nitrogen and oxygen atoms in total. The van der Waals surface area contributed by atoms with Crippen molar-refractivity contribution in [3.63, 3.8) is 0 Å².